The van der Waals surface area contributed by atoms with Gasteiger partial charge in [0.15, 0.2) is 6.54 Å². The van der Waals surface area contributed by atoms with Crippen molar-refractivity contribution in [1.82, 2.24) is 0 Å². The van der Waals surface area contributed by atoms with Crippen LogP contribution < -0.4 is 4.74 Å². The van der Waals surface area contributed by atoms with E-state index in [0.717, 1.165) is 41.0 Å². The molecule has 0 aliphatic carbocycles. The highest BCUT2D eigenvalue weighted by Gasteiger charge is 2.33. The summed E-state index contributed by atoms with van der Waals surface area (Å²) in [6.45, 7) is 7.45. The van der Waals surface area contributed by atoms with E-state index in [4.69, 9.17) is 4.74 Å². The van der Waals surface area contributed by atoms with Crippen LogP contribution in [0.3, 0.4) is 0 Å². The van der Waals surface area contributed by atoms with E-state index in [2.05, 4.69) is 24.3 Å². The molecule has 1 aliphatic rings. The summed E-state index contributed by atoms with van der Waals surface area (Å²) < 4.78 is 6.64. The average Bonchev–Trinajstić information content (AvgIpc) is 2.85. The lowest BCUT2D eigenvalue weighted by molar-refractivity contribution is -0.933. The fourth-order valence-corrected chi connectivity index (χ4v) is 4.08. The van der Waals surface area contributed by atoms with Crippen LogP contribution in [0.15, 0.2) is 48.5 Å². The second-order valence-corrected chi connectivity index (χ2v) is 7.70. The van der Waals surface area contributed by atoms with Gasteiger partial charge in [0.1, 0.15) is 12.3 Å². The highest BCUT2D eigenvalue weighted by atomic mass is 16.5. The third-order valence-corrected chi connectivity index (χ3v) is 5.46. The highest BCUT2D eigenvalue weighted by Crippen LogP contribution is 2.25. The molecule has 0 atom stereocenters. The van der Waals surface area contributed by atoms with Crippen molar-refractivity contribution in [2.75, 3.05) is 19.6 Å². The molecule has 3 nitrogen and oxygen atoms in total. The lowest BCUT2D eigenvalue weighted by Gasteiger charge is -2.37. The van der Waals surface area contributed by atoms with Gasteiger partial charge in [0, 0.05) is 5.56 Å². The maximum Gasteiger partial charge on any atom is 0.367 e. The average molecular weight is 352 g/mol. The Bertz CT molecular complexity index is 711. The molecule has 26 heavy (non-hydrogen) atoms. The van der Waals surface area contributed by atoms with Crippen molar-refractivity contribution in [3.63, 3.8) is 0 Å². The molecule has 0 bridgehead atoms. The van der Waals surface area contributed by atoms with E-state index in [1.807, 2.05) is 38.1 Å². The summed E-state index contributed by atoms with van der Waals surface area (Å²) in [4.78, 5) is 12.9. The molecule has 0 radical (unpaired) electrons. The highest BCUT2D eigenvalue weighted by molar-refractivity contribution is 5.74. The SMILES string of the molecule is Cc1cccc(C)c1OC(=O)C[N+]1(Cc2ccccc2)CCCCCC1. The van der Waals surface area contributed by atoms with Crippen molar-refractivity contribution in [3.8, 4) is 5.75 Å². The third kappa shape index (κ3) is 4.73. The number of likely N-dealkylation sites (tertiary alicyclic amines) is 1. The van der Waals surface area contributed by atoms with Crippen LogP contribution in [0.4, 0.5) is 0 Å². The first kappa shape index (κ1) is 18.7. The van der Waals surface area contributed by atoms with Gasteiger partial charge in [0.05, 0.1) is 13.1 Å². The smallest absolute Gasteiger partial charge is 0.367 e. The van der Waals surface area contributed by atoms with Crippen LogP contribution in [0.2, 0.25) is 0 Å². The van der Waals surface area contributed by atoms with Gasteiger partial charge < -0.3 is 9.22 Å². The van der Waals surface area contributed by atoms with Crippen LogP contribution in [0.25, 0.3) is 0 Å². The molecular weight excluding hydrogens is 322 g/mol. The van der Waals surface area contributed by atoms with Gasteiger partial charge in [-0.05, 0) is 50.7 Å². The number of carbonyl (C=O) groups is 1. The normalized spacial score (nSPS) is 16.7. The van der Waals surface area contributed by atoms with Crippen LogP contribution in [0.1, 0.15) is 42.4 Å². The second kappa shape index (κ2) is 8.50. The Hall–Kier alpha value is -2.13. The maximum absolute atomic E-state index is 12.9. The van der Waals surface area contributed by atoms with Crippen molar-refractivity contribution in [2.24, 2.45) is 0 Å². The Labute approximate surface area is 157 Å². The summed E-state index contributed by atoms with van der Waals surface area (Å²) in [7, 11) is 0. The molecule has 0 unspecified atom stereocenters. The maximum atomic E-state index is 12.9. The van der Waals surface area contributed by atoms with Gasteiger partial charge in [-0.2, -0.15) is 0 Å². The number of benzene rings is 2. The van der Waals surface area contributed by atoms with Crippen molar-refractivity contribution in [1.29, 1.82) is 0 Å². The van der Waals surface area contributed by atoms with Crippen LogP contribution in [-0.4, -0.2) is 30.1 Å². The second-order valence-electron chi connectivity index (χ2n) is 7.70. The van der Waals surface area contributed by atoms with Crippen LogP contribution in [0.5, 0.6) is 5.75 Å². The number of ether oxygens (including phenoxy) is 1. The fourth-order valence-electron chi connectivity index (χ4n) is 4.08. The Morgan fingerprint density at radius 2 is 1.50 bits per heavy atom. The number of aryl methyl sites for hydroxylation is 2. The first-order valence-corrected chi connectivity index (χ1v) is 9.74. The number of hydrogen-bond acceptors (Lipinski definition) is 2. The molecule has 2 aromatic rings. The van der Waals surface area contributed by atoms with E-state index < -0.39 is 0 Å². The summed E-state index contributed by atoms with van der Waals surface area (Å²) in [6, 6.07) is 16.5. The van der Waals surface area contributed by atoms with E-state index in [-0.39, 0.29) is 5.97 Å². The van der Waals surface area contributed by atoms with E-state index >= 15 is 0 Å². The van der Waals surface area contributed by atoms with E-state index in [9.17, 15) is 4.79 Å². The quantitative estimate of drug-likeness (QED) is 0.439. The van der Waals surface area contributed by atoms with Gasteiger partial charge in [-0.3, -0.25) is 0 Å². The molecule has 0 N–H and O–H groups in total. The topological polar surface area (TPSA) is 26.3 Å². The summed E-state index contributed by atoms with van der Waals surface area (Å²) in [5.41, 5.74) is 3.34. The predicted molar refractivity (Wildman–Crippen MR) is 105 cm³/mol. The Kier molecular flexibility index (Phi) is 6.10. The zero-order chi connectivity index (χ0) is 18.4. The van der Waals surface area contributed by atoms with Gasteiger partial charge in [0.25, 0.3) is 0 Å². The number of rotatable bonds is 5. The number of hydrogen-bond donors (Lipinski definition) is 0. The minimum Gasteiger partial charge on any atom is -0.422 e. The molecule has 1 aliphatic heterocycles. The van der Waals surface area contributed by atoms with Crippen molar-refractivity contribution < 1.29 is 14.0 Å². The first-order chi connectivity index (χ1) is 12.6. The molecule has 1 fully saturated rings. The molecule has 1 saturated heterocycles. The van der Waals surface area contributed by atoms with Gasteiger partial charge >= 0.3 is 5.97 Å². The molecule has 3 heteroatoms. The van der Waals surface area contributed by atoms with Gasteiger partial charge in [-0.25, -0.2) is 4.79 Å². The lowest BCUT2D eigenvalue weighted by atomic mass is 10.1. The monoisotopic (exact) mass is 352 g/mol. The summed E-state index contributed by atoms with van der Waals surface area (Å²) in [6.07, 6.45) is 4.90. The Morgan fingerprint density at radius 1 is 0.885 bits per heavy atom. The molecule has 0 spiro atoms. The number of nitrogens with zero attached hydrogens (tertiary/aromatic N) is 1. The van der Waals surface area contributed by atoms with Crippen LogP contribution >= 0.6 is 0 Å². The number of carbonyl (C=O) groups excluding carboxylic acids is 1. The van der Waals surface area contributed by atoms with E-state index in [1.54, 1.807) is 0 Å². The molecular formula is C23H30NO2+. The lowest BCUT2D eigenvalue weighted by Crippen LogP contribution is -2.52. The van der Waals surface area contributed by atoms with Crippen LogP contribution in [0, 0.1) is 13.8 Å². The summed E-state index contributed by atoms with van der Waals surface area (Å²) in [5, 5.41) is 0. The van der Waals surface area contributed by atoms with Crippen molar-refractivity contribution in [2.45, 2.75) is 46.1 Å². The zero-order valence-corrected chi connectivity index (χ0v) is 16.0. The molecule has 0 amide bonds. The van der Waals surface area contributed by atoms with Gasteiger partial charge in [-0.1, -0.05) is 48.5 Å². The predicted octanol–water partition coefficient (Wildman–Crippen LogP) is 4.80. The summed E-state index contributed by atoms with van der Waals surface area (Å²) >= 11 is 0. The minimum atomic E-state index is -0.111. The Balaban J connectivity index is 1.77. The van der Waals surface area contributed by atoms with Crippen LogP contribution in [-0.2, 0) is 11.3 Å². The zero-order valence-electron chi connectivity index (χ0n) is 16.0. The molecule has 0 aromatic heterocycles. The molecule has 0 saturated carbocycles. The molecule has 2 aromatic carbocycles. The number of para-hydroxylation sites is 1. The molecule has 1 heterocycles. The van der Waals surface area contributed by atoms with Crippen molar-refractivity contribution in [3.05, 3.63) is 65.2 Å². The molecule has 138 valence electrons. The number of quaternary nitrogens is 1. The van der Waals surface area contributed by atoms with E-state index in [0.29, 0.717) is 6.54 Å². The third-order valence-electron chi connectivity index (χ3n) is 5.46. The van der Waals surface area contributed by atoms with Gasteiger partial charge in [-0.15, -0.1) is 0 Å². The van der Waals surface area contributed by atoms with Crippen molar-refractivity contribution >= 4 is 5.97 Å². The fraction of sp³-hybridized carbons (Fsp3) is 0.435. The van der Waals surface area contributed by atoms with E-state index in [1.165, 1.54) is 31.2 Å². The first-order valence-electron chi connectivity index (χ1n) is 9.74. The molecule has 3 rings (SSSR count). The Morgan fingerprint density at radius 3 is 2.12 bits per heavy atom. The standard InChI is InChI=1S/C23H30NO2/c1-19-11-10-12-20(2)23(19)26-22(25)18-24(15-8-3-4-9-16-24)17-21-13-6-5-7-14-21/h5-7,10-14H,3-4,8-9,15-18H2,1-2H3/q+1. The minimum absolute atomic E-state index is 0.111. The van der Waals surface area contributed by atoms with Gasteiger partial charge in [0.2, 0.25) is 0 Å². The summed E-state index contributed by atoms with van der Waals surface area (Å²) in [5.74, 6) is 0.616. The number of esters is 1. The largest absolute Gasteiger partial charge is 0.422 e.